The van der Waals surface area contributed by atoms with Crippen molar-refractivity contribution in [1.29, 1.82) is 0 Å². The minimum atomic E-state index is -0.419. The molecule has 3 N–H and O–H groups in total. The molecule has 0 aliphatic carbocycles. The molecule has 3 aromatic rings. The number of halogens is 1. The number of aromatic nitrogens is 1. The number of benzene rings is 2. The fourth-order valence-corrected chi connectivity index (χ4v) is 3.76. The number of aliphatic hydroxyl groups is 2. The zero-order valence-electron chi connectivity index (χ0n) is 17.3. The Morgan fingerprint density at radius 1 is 1.10 bits per heavy atom. The molecule has 0 bridgehead atoms. The van der Waals surface area contributed by atoms with Gasteiger partial charge < -0.3 is 24.6 Å². The van der Waals surface area contributed by atoms with Crippen molar-refractivity contribution in [3.63, 3.8) is 0 Å². The first kappa shape index (κ1) is 24.4. The van der Waals surface area contributed by atoms with Gasteiger partial charge in [-0.3, -0.25) is 15.0 Å². The number of nitro groups is 1. The molecule has 0 spiro atoms. The van der Waals surface area contributed by atoms with Crippen LogP contribution in [0.5, 0.6) is 11.5 Å². The number of fused-ring (bicyclic) bond motifs is 1. The van der Waals surface area contributed by atoms with Crippen molar-refractivity contribution < 1.29 is 25.0 Å². The first-order valence-corrected chi connectivity index (χ1v) is 9.51. The highest BCUT2D eigenvalue weighted by atomic mass is 35.5. The molecular formula is C21H26ClN3O6. The zero-order chi connectivity index (χ0) is 21.8. The fraction of sp³-hybridized carbons (Fsp3) is 0.333. The van der Waals surface area contributed by atoms with E-state index >= 15 is 0 Å². The van der Waals surface area contributed by atoms with Crippen LogP contribution in [0.1, 0.15) is 11.3 Å². The van der Waals surface area contributed by atoms with Crippen molar-refractivity contribution in [2.75, 3.05) is 33.4 Å². The molecule has 0 aliphatic rings. The van der Waals surface area contributed by atoms with Crippen LogP contribution < -0.4 is 4.74 Å². The summed E-state index contributed by atoms with van der Waals surface area (Å²) in [5.41, 5.74) is 2.10. The first-order valence-electron chi connectivity index (χ1n) is 9.51. The lowest BCUT2D eigenvalue weighted by Crippen LogP contribution is -2.29. The number of ether oxygens (including phenoxy) is 1. The largest absolute Gasteiger partial charge is 0.508 e. The van der Waals surface area contributed by atoms with Crippen LogP contribution in [0, 0.1) is 17.0 Å². The molecular weight excluding hydrogens is 426 g/mol. The third kappa shape index (κ3) is 4.75. The van der Waals surface area contributed by atoms with Crippen LogP contribution in [-0.2, 0) is 6.54 Å². The van der Waals surface area contributed by atoms with Gasteiger partial charge in [-0.05, 0) is 43.3 Å². The molecule has 10 heteroatoms. The quantitative estimate of drug-likeness (QED) is 0.338. The number of phenols is 1. The lowest BCUT2D eigenvalue weighted by molar-refractivity contribution is -0.383. The number of methoxy groups -OCH3 is 1. The average Bonchev–Trinajstić information content (AvgIpc) is 3.02. The Kier molecular flexibility index (Phi) is 8.23. The van der Waals surface area contributed by atoms with E-state index in [1.54, 1.807) is 53.8 Å². The molecule has 1 heterocycles. The molecule has 0 amide bonds. The SMILES string of the molecule is COc1ccc(-n2c(C)c([N+](=O)[O-])c3ccc(O)c(CN(CCO)CCO)c32)cc1.Cl. The maximum atomic E-state index is 11.8. The molecule has 31 heavy (non-hydrogen) atoms. The average molecular weight is 452 g/mol. The molecule has 0 radical (unpaired) electrons. The van der Waals surface area contributed by atoms with Gasteiger partial charge in [-0.15, -0.1) is 12.4 Å². The third-order valence-corrected chi connectivity index (χ3v) is 5.14. The van der Waals surface area contributed by atoms with Gasteiger partial charge in [-0.25, -0.2) is 0 Å². The van der Waals surface area contributed by atoms with Gasteiger partial charge in [0.15, 0.2) is 0 Å². The van der Waals surface area contributed by atoms with Crippen molar-refractivity contribution in [2.24, 2.45) is 0 Å². The Morgan fingerprint density at radius 3 is 2.23 bits per heavy atom. The second-order valence-corrected chi connectivity index (χ2v) is 6.91. The second-order valence-electron chi connectivity index (χ2n) is 6.91. The predicted octanol–water partition coefficient (Wildman–Crippen LogP) is 2.77. The van der Waals surface area contributed by atoms with Gasteiger partial charge in [0.1, 0.15) is 11.5 Å². The van der Waals surface area contributed by atoms with Crippen LogP contribution in [0.3, 0.4) is 0 Å². The summed E-state index contributed by atoms with van der Waals surface area (Å²) in [4.78, 5) is 13.2. The van der Waals surface area contributed by atoms with E-state index in [1.165, 1.54) is 6.07 Å². The molecule has 3 rings (SSSR count). The third-order valence-electron chi connectivity index (χ3n) is 5.14. The maximum Gasteiger partial charge on any atom is 0.298 e. The lowest BCUT2D eigenvalue weighted by Gasteiger charge is -2.22. The second kappa shape index (κ2) is 10.5. The molecule has 168 valence electrons. The highest BCUT2D eigenvalue weighted by molar-refractivity contribution is 5.96. The standard InChI is InChI=1S/C21H25N3O6.ClH/c1-14-20(24(28)29)17-7-8-19(27)18(13-22(9-11-25)10-12-26)21(17)23(14)15-3-5-16(30-2)6-4-15;/h3-8,25-27H,9-13H2,1-2H3;1H. The minimum absolute atomic E-state index is 0. The van der Waals surface area contributed by atoms with Crippen molar-refractivity contribution in [2.45, 2.75) is 13.5 Å². The van der Waals surface area contributed by atoms with E-state index in [0.717, 1.165) is 0 Å². The van der Waals surface area contributed by atoms with Gasteiger partial charge in [-0.1, -0.05) is 0 Å². The predicted molar refractivity (Wildman–Crippen MR) is 120 cm³/mol. The number of nitrogens with zero attached hydrogens (tertiary/aromatic N) is 3. The highest BCUT2D eigenvalue weighted by Crippen LogP contribution is 2.40. The zero-order valence-corrected chi connectivity index (χ0v) is 18.1. The Hall–Kier alpha value is -2.85. The number of aliphatic hydroxyl groups excluding tert-OH is 2. The van der Waals surface area contributed by atoms with Crippen LogP contribution in [0.4, 0.5) is 5.69 Å². The Bertz CT molecular complexity index is 1050. The normalized spacial score (nSPS) is 11.0. The van der Waals surface area contributed by atoms with Gasteiger partial charge in [0, 0.05) is 30.9 Å². The summed E-state index contributed by atoms with van der Waals surface area (Å²) in [7, 11) is 1.56. The molecule has 0 atom stereocenters. The number of rotatable bonds is 9. The van der Waals surface area contributed by atoms with Crippen LogP contribution in [0.25, 0.3) is 16.6 Å². The number of hydrogen-bond acceptors (Lipinski definition) is 7. The summed E-state index contributed by atoms with van der Waals surface area (Å²) >= 11 is 0. The summed E-state index contributed by atoms with van der Waals surface area (Å²) in [5, 5.41) is 41.5. The summed E-state index contributed by atoms with van der Waals surface area (Å²) in [6.45, 7) is 2.23. The van der Waals surface area contributed by atoms with Gasteiger partial charge in [0.25, 0.3) is 5.69 Å². The van der Waals surface area contributed by atoms with Crippen molar-refractivity contribution in [3.05, 3.63) is 57.8 Å². The van der Waals surface area contributed by atoms with Crippen molar-refractivity contribution >= 4 is 29.0 Å². The van der Waals surface area contributed by atoms with E-state index in [-0.39, 0.29) is 43.6 Å². The number of hydrogen-bond donors (Lipinski definition) is 3. The molecule has 0 unspecified atom stereocenters. The first-order chi connectivity index (χ1) is 14.4. The molecule has 0 aliphatic heterocycles. The summed E-state index contributed by atoms with van der Waals surface area (Å²) in [6, 6.07) is 10.1. The summed E-state index contributed by atoms with van der Waals surface area (Å²) in [6.07, 6.45) is 0. The van der Waals surface area contributed by atoms with Crippen molar-refractivity contribution in [3.8, 4) is 17.2 Å². The molecule has 2 aromatic carbocycles. The lowest BCUT2D eigenvalue weighted by atomic mass is 10.1. The molecule has 0 fully saturated rings. The summed E-state index contributed by atoms with van der Waals surface area (Å²) in [5.74, 6) is 0.646. The van der Waals surface area contributed by atoms with Gasteiger partial charge in [0.05, 0.1) is 41.8 Å². The number of phenolic OH excluding ortho intramolecular Hbond substituents is 1. The van der Waals surface area contributed by atoms with Crippen LogP contribution in [-0.4, -0.2) is 63.1 Å². The van der Waals surface area contributed by atoms with Crippen LogP contribution >= 0.6 is 12.4 Å². The van der Waals surface area contributed by atoms with E-state index in [9.17, 15) is 25.4 Å². The smallest absolute Gasteiger partial charge is 0.298 e. The Balaban J connectivity index is 0.00000341. The fourth-order valence-electron chi connectivity index (χ4n) is 3.76. The Morgan fingerprint density at radius 2 is 1.71 bits per heavy atom. The molecule has 9 nitrogen and oxygen atoms in total. The van der Waals surface area contributed by atoms with E-state index in [2.05, 4.69) is 0 Å². The van der Waals surface area contributed by atoms with Gasteiger partial charge in [0.2, 0.25) is 0 Å². The van der Waals surface area contributed by atoms with Gasteiger partial charge in [-0.2, -0.15) is 0 Å². The topological polar surface area (TPSA) is 121 Å². The van der Waals surface area contributed by atoms with Gasteiger partial charge >= 0.3 is 0 Å². The van der Waals surface area contributed by atoms with E-state index in [1.807, 2.05) is 0 Å². The minimum Gasteiger partial charge on any atom is -0.508 e. The van der Waals surface area contributed by atoms with E-state index in [0.29, 0.717) is 46.7 Å². The maximum absolute atomic E-state index is 11.8. The monoisotopic (exact) mass is 451 g/mol. The van der Waals surface area contributed by atoms with Crippen LogP contribution in [0.2, 0.25) is 0 Å². The molecule has 0 saturated carbocycles. The summed E-state index contributed by atoms with van der Waals surface area (Å²) < 4.78 is 6.95. The Labute approximate surface area is 185 Å². The van der Waals surface area contributed by atoms with E-state index < -0.39 is 4.92 Å². The molecule has 1 aromatic heterocycles. The van der Waals surface area contributed by atoms with Crippen molar-refractivity contribution in [1.82, 2.24) is 9.47 Å². The number of aromatic hydroxyl groups is 1. The van der Waals surface area contributed by atoms with Crippen LogP contribution in [0.15, 0.2) is 36.4 Å². The van der Waals surface area contributed by atoms with E-state index in [4.69, 9.17) is 4.74 Å². The molecule has 0 saturated heterocycles. The highest BCUT2D eigenvalue weighted by Gasteiger charge is 2.27.